The molecule has 0 spiro atoms. The zero-order chi connectivity index (χ0) is 23.0. The Hall–Kier alpha value is -2.93. The van der Waals surface area contributed by atoms with Gasteiger partial charge in [0.2, 0.25) is 0 Å². The molecule has 4 aliphatic heterocycles. The van der Waals surface area contributed by atoms with Crippen molar-refractivity contribution in [2.75, 3.05) is 39.8 Å². The summed E-state index contributed by atoms with van der Waals surface area (Å²) in [6.45, 7) is 4.18. The minimum absolute atomic E-state index is 0.103. The minimum atomic E-state index is -0.383. The molecule has 0 saturated carbocycles. The van der Waals surface area contributed by atoms with Gasteiger partial charge in [-0.15, -0.1) is 0 Å². The number of nitrogens with zero attached hydrogens (tertiary/aromatic N) is 2. The number of halogens is 1. The van der Waals surface area contributed by atoms with E-state index in [1.807, 2.05) is 12.1 Å². The van der Waals surface area contributed by atoms with E-state index in [4.69, 9.17) is 4.74 Å². The first-order chi connectivity index (χ1) is 16.0. The van der Waals surface area contributed by atoms with E-state index in [0.29, 0.717) is 25.1 Å². The maximum Gasteiger partial charge on any atom is 0.410 e. The van der Waals surface area contributed by atoms with Crippen molar-refractivity contribution in [1.29, 1.82) is 0 Å². The fourth-order valence-corrected chi connectivity index (χ4v) is 5.52. The smallest absolute Gasteiger partial charge is 0.410 e. The number of carbonyl (C=O) groups excluding carboxylic acids is 2. The Labute approximate surface area is 193 Å². The number of ether oxygens (including phenoxy) is 1. The van der Waals surface area contributed by atoms with E-state index in [1.54, 1.807) is 30.1 Å². The first-order valence-corrected chi connectivity index (χ1v) is 11.7. The lowest BCUT2D eigenvalue weighted by Crippen LogP contribution is -2.51. The predicted octanol–water partition coefficient (Wildman–Crippen LogP) is 3.76. The van der Waals surface area contributed by atoms with Crippen LogP contribution in [0.2, 0.25) is 0 Å². The number of hydrogen-bond donors (Lipinski definition) is 1. The fraction of sp³-hybridized carbons (Fsp3) is 0.462. The van der Waals surface area contributed by atoms with Crippen LogP contribution in [0, 0.1) is 11.2 Å². The molecule has 0 aliphatic carbocycles. The van der Waals surface area contributed by atoms with Gasteiger partial charge in [0, 0.05) is 24.6 Å². The lowest BCUT2D eigenvalue weighted by molar-refractivity contribution is -0.0300. The number of nitrogens with one attached hydrogen (secondary N) is 1. The van der Waals surface area contributed by atoms with Crippen LogP contribution in [0.1, 0.15) is 52.4 Å². The van der Waals surface area contributed by atoms with Crippen molar-refractivity contribution in [2.45, 2.75) is 31.7 Å². The van der Waals surface area contributed by atoms with Gasteiger partial charge in [-0.05, 0) is 86.3 Å². The number of carbonyl (C=O) groups is 2. The van der Waals surface area contributed by atoms with Crippen LogP contribution in [-0.4, -0.2) is 61.6 Å². The van der Waals surface area contributed by atoms with Crippen molar-refractivity contribution in [1.82, 2.24) is 15.1 Å². The van der Waals surface area contributed by atoms with E-state index in [9.17, 15) is 14.0 Å². The standard InChI is InChI=1S/C26H30FN3O3/c1-28-24(31)20-4-7-22-19(16-20)8-12-30(23(22)18-2-5-21(27)6-3-18)25(32)33-17-26-9-13-29(14-10-26)15-11-26/h2-7,16,23H,8-15,17H2,1H3,(H,28,31)/t23-/m1/s1. The summed E-state index contributed by atoms with van der Waals surface area (Å²) in [6, 6.07) is 11.5. The molecule has 6 nitrogen and oxygen atoms in total. The molecular weight excluding hydrogens is 421 g/mol. The summed E-state index contributed by atoms with van der Waals surface area (Å²) in [4.78, 5) is 29.7. The molecule has 3 saturated heterocycles. The van der Waals surface area contributed by atoms with Crippen molar-refractivity contribution < 1.29 is 18.7 Å². The zero-order valence-corrected chi connectivity index (χ0v) is 19.0. The molecule has 2 aromatic rings. The predicted molar refractivity (Wildman–Crippen MR) is 123 cm³/mol. The fourth-order valence-electron chi connectivity index (χ4n) is 5.52. The maximum absolute atomic E-state index is 13.6. The highest BCUT2D eigenvalue weighted by Gasteiger charge is 2.41. The highest BCUT2D eigenvalue weighted by atomic mass is 19.1. The number of rotatable bonds is 4. The van der Waals surface area contributed by atoms with Crippen LogP contribution in [-0.2, 0) is 11.2 Å². The summed E-state index contributed by atoms with van der Waals surface area (Å²) < 4.78 is 19.6. The van der Waals surface area contributed by atoms with Crippen LogP contribution in [0.4, 0.5) is 9.18 Å². The van der Waals surface area contributed by atoms with Crippen molar-refractivity contribution >= 4 is 12.0 Å². The lowest BCUT2D eigenvalue weighted by atomic mass is 9.73. The molecule has 174 valence electrons. The Morgan fingerprint density at radius 2 is 1.76 bits per heavy atom. The average Bonchev–Trinajstić information content (AvgIpc) is 2.87. The maximum atomic E-state index is 13.6. The van der Waals surface area contributed by atoms with Crippen LogP contribution in [0.15, 0.2) is 42.5 Å². The van der Waals surface area contributed by atoms with Gasteiger partial charge in [-0.1, -0.05) is 18.2 Å². The van der Waals surface area contributed by atoms with E-state index < -0.39 is 0 Å². The number of fused-ring (bicyclic) bond motifs is 4. The van der Waals surface area contributed by atoms with E-state index in [-0.39, 0.29) is 29.3 Å². The second-order valence-corrected chi connectivity index (χ2v) is 9.54. The molecule has 1 atom stereocenters. The molecule has 6 rings (SSSR count). The molecule has 33 heavy (non-hydrogen) atoms. The zero-order valence-electron chi connectivity index (χ0n) is 19.0. The average molecular weight is 452 g/mol. The summed E-state index contributed by atoms with van der Waals surface area (Å²) >= 11 is 0. The SMILES string of the molecule is CNC(=O)c1ccc2c(c1)CCN(C(=O)OCC13CCN(CC1)CC3)[C@@H]2c1ccc(F)cc1. The Bertz CT molecular complexity index is 1030. The number of benzene rings is 2. The Balaban J connectivity index is 1.41. The van der Waals surface area contributed by atoms with Gasteiger partial charge in [-0.3, -0.25) is 9.69 Å². The largest absolute Gasteiger partial charge is 0.449 e. The Kier molecular flexibility index (Phi) is 5.83. The summed E-state index contributed by atoms with van der Waals surface area (Å²) in [5, 5.41) is 2.66. The van der Waals surface area contributed by atoms with Gasteiger partial charge < -0.3 is 15.0 Å². The van der Waals surface area contributed by atoms with E-state index in [0.717, 1.165) is 55.6 Å². The Morgan fingerprint density at radius 1 is 1.06 bits per heavy atom. The van der Waals surface area contributed by atoms with Crippen molar-refractivity contribution in [3.63, 3.8) is 0 Å². The molecule has 0 unspecified atom stereocenters. The topological polar surface area (TPSA) is 61.9 Å². The van der Waals surface area contributed by atoms with Gasteiger partial charge >= 0.3 is 6.09 Å². The van der Waals surface area contributed by atoms with Gasteiger partial charge in [0.1, 0.15) is 5.82 Å². The van der Waals surface area contributed by atoms with Crippen molar-refractivity contribution in [3.8, 4) is 0 Å². The summed E-state index contributed by atoms with van der Waals surface area (Å²) in [5.41, 5.74) is 3.49. The first-order valence-electron chi connectivity index (χ1n) is 11.7. The molecule has 0 aromatic heterocycles. The second-order valence-electron chi connectivity index (χ2n) is 9.54. The molecule has 0 radical (unpaired) electrons. The van der Waals surface area contributed by atoms with Gasteiger partial charge in [0.15, 0.2) is 0 Å². The summed E-state index contributed by atoms with van der Waals surface area (Å²) in [6.07, 6.45) is 3.53. The second kappa shape index (κ2) is 8.78. The third-order valence-corrected chi connectivity index (χ3v) is 7.66. The van der Waals surface area contributed by atoms with Crippen LogP contribution in [0.5, 0.6) is 0 Å². The summed E-state index contributed by atoms with van der Waals surface area (Å²) in [5.74, 6) is -0.461. The molecule has 2 aromatic carbocycles. The minimum Gasteiger partial charge on any atom is -0.449 e. The van der Waals surface area contributed by atoms with Crippen LogP contribution >= 0.6 is 0 Å². The molecule has 3 fully saturated rings. The molecule has 7 heteroatoms. The molecule has 2 amide bonds. The highest BCUT2D eigenvalue weighted by molar-refractivity contribution is 5.94. The number of hydrogen-bond acceptors (Lipinski definition) is 4. The van der Waals surface area contributed by atoms with Crippen LogP contribution in [0.3, 0.4) is 0 Å². The van der Waals surface area contributed by atoms with E-state index in [1.165, 1.54) is 12.1 Å². The van der Waals surface area contributed by atoms with Crippen molar-refractivity contribution in [2.24, 2.45) is 5.41 Å². The van der Waals surface area contributed by atoms with E-state index in [2.05, 4.69) is 10.2 Å². The molecule has 1 N–H and O–H groups in total. The monoisotopic (exact) mass is 451 g/mol. The summed E-state index contributed by atoms with van der Waals surface area (Å²) in [7, 11) is 1.61. The van der Waals surface area contributed by atoms with Crippen LogP contribution in [0.25, 0.3) is 0 Å². The normalized spacial score (nSPS) is 25.9. The van der Waals surface area contributed by atoms with Gasteiger partial charge in [0.25, 0.3) is 5.91 Å². The number of amides is 2. The van der Waals surface area contributed by atoms with E-state index >= 15 is 0 Å². The van der Waals surface area contributed by atoms with Gasteiger partial charge in [-0.2, -0.15) is 0 Å². The third-order valence-electron chi connectivity index (χ3n) is 7.66. The molecule has 4 aliphatic rings. The van der Waals surface area contributed by atoms with Gasteiger partial charge in [-0.25, -0.2) is 9.18 Å². The quantitative estimate of drug-likeness (QED) is 0.769. The number of piperidine rings is 3. The molecule has 2 bridgehead atoms. The highest BCUT2D eigenvalue weighted by Crippen LogP contribution is 2.41. The molecule has 4 heterocycles. The first kappa shape index (κ1) is 21.9. The van der Waals surface area contributed by atoms with Crippen LogP contribution < -0.4 is 5.32 Å². The molecular formula is C26H30FN3O3. The lowest BCUT2D eigenvalue weighted by Gasteiger charge is -2.48. The third kappa shape index (κ3) is 4.22. The van der Waals surface area contributed by atoms with Gasteiger partial charge in [0.05, 0.1) is 12.6 Å². The Morgan fingerprint density at radius 3 is 2.42 bits per heavy atom. The van der Waals surface area contributed by atoms with Crippen molar-refractivity contribution in [3.05, 3.63) is 70.5 Å².